The lowest BCUT2D eigenvalue weighted by Crippen LogP contribution is -2.14. The molecule has 11 rings (SSSR count). The maximum absolute atomic E-state index is 5.22. The number of benzene rings is 8. The van der Waals surface area contributed by atoms with Gasteiger partial charge in [-0.15, -0.1) is 0 Å². The first-order chi connectivity index (χ1) is 28.2. The summed E-state index contributed by atoms with van der Waals surface area (Å²) in [5.41, 5.74) is 15.5. The van der Waals surface area contributed by atoms with E-state index in [1.54, 1.807) is 11.8 Å². The molecule has 2 aromatic heterocycles. The highest BCUT2D eigenvalue weighted by atomic mass is 32.2. The number of aromatic nitrogens is 4. The van der Waals surface area contributed by atoms with Crippen LogP contribution in [0.15, 0.2) is 204 Å². The van der Waals surface area contributed by atoms with E-state index in [1.165, 1.54) is 43.4 Å². The van der Waals surface area contributed by atoms with Crippen molar-refractivity contribution in [2.45, 2.75) is 9.79 Å². The second kappa shape index (κ2) is 13.6. The molecule has 5 nitrogen and oxygen atoms in total. The van der Waals surface area contributed by atoms with Crippen molar-refractivity contribution in [2.24, 2.45) is 0 Å². The van der Waals surface area contributed by atoms with Gasteiger partial charge in [0, 0.05) is 39.3 Å². The van der Waals surface area contributed by atoms with Crippen LogP contribution in [0, 0.1) is 0 Å². The van der Waals surface area contributed by atoms with Gasteiger partial charge in [-0.1, -0.05) is 121 Å². The number of hydrogen-bond acceptors (Lipinski definition) is 4. The number of para-hydroxylation sites is 4. The summed E-state index contributed by atoms with van der Waals surface area (Å²) in [6.45, 7) is 0. The van der Waals surface area contributed by atoms with Gasteiger partial charge in [-0.3, -0.25) is 9.13 Å². The standard InChI is InChI=1S/C51H35N5S/c1-54-46-30-24-38(50-52-42-16-8-10-18-44(42)55(50)40-26-20-36(21-27-40)34-12-4-2-5-13-34)32-48(46)57-49-33-39(25-31-47(49)54)51-53-43-17-9-11-19-45(43)56(51)41-28-22-37(23-29-41)35-14-6-3-7-15-35/h2-33H,1H3. The van der Waals surface area contributed by atoms with E-state index in [2.05, 4.69) is 215 Å². The van der Waals surface area contributed by atoms with Gasteiger partial charge in [0.25, 0.3) is 0 Å². The third kappa shape index (κ3) is 5.73. The Kier molecular flexibility index (Phi) is 7.90. The van der Waals surface area contributed by atoms with E-state index < -0.39 is 0 Å². The van der Waals surface area contributed by atoms with Crippen LogP contribution in [0.4, 0.5) is 11.4 Å². The van der Waals surface area contributed by atoms with Crippen molar-refractivity contribution in [1.82, 2.24) is 19.1 Å². The summed E-state index contributed by atoms with van der Waals surface area (Å²) in [5.74, 6) is 1.84. The minimum atomic E-state index is 0.918. The van der Waals surface area contributed by atoms with Crippen molar-refractivity contribution >= 4 is 45.2 Å². The van der Waals surface area contributed by atoms with Crippen LogP contribution < -0.4 is 4.90 Å². The van der Waals surface area contributed by atoms with Gasteiger partial charge in [-0.25, -0.2) is 9.97 Å². The van der Waals surface area contributed by atoms with Gasteiger partial charge in [-0.2, -0.15) is 0 Å². The molecule has 0 radical (unpaired) electrons. The summed E-state index contributed by atoms with van der Waals surface area (Å²) in [5, 5.41) is 0. The topological polar surface area (TPSA) is 38.9 Å². The van der Waals surface area contributed by atoms with Gasteiger partial charge in [0.15, 0.2) is 0 Å². The highest BCUT2D eigenvalue weighted by molar-refractivity contribution is 7.99. The number of imidazole rings is 2. The number of hydrogen-bond donors (Lipinski definition) is 0. The van der Waals surface area contributed by atoms with Gasteiger partial charge in [0.2, 0.25) is 0 Å². The van der Waals surface area contributed by atoms with Crippen LogP contribution in [-0.4, -0.2) is 26.1 Å². The molecule has 0 aliphatic carbocycles. The van der Waals surface area contributed by atoms with Gasteiger partial charge in [0.05, 0.1) is 33.4 Å². The summed E-state index contributed by atoms with van der Waals surface area (Å²) >= 11 is 1.80. The zero-order valence-electron chi connectivity index (χ0n) is 31.1. The fourth-order valence-electron chi connectivity index (χ4n) is 8.10. The van der Waals surface area contributed by atoms with Crippen LogP contribution in [0.3, 0.4) is 0 Å². The van der Waals surface area contributed by atoms with Gasteiger partial charge in [0.1, 0.15) is 11.6 Å². The highest BCUT2D eigenvalue weighted by Crippen LogP contribution is 2.50. The highest BCUT2D eigenvalue weighted by Gasteiger charge is 2.25. The average molecular weight is 750 g/mol. The summed E-state index contributed by atoms with van der Waals surface area (Å²) in [6, 6.07) is 68.9. The summed E-state index contributed by atoms with van der Waals surface area (Å²) in [6.07, 6.45) is 0. The molecule has 0 unspecified atom stereocenters. The van der Waals surface area contributed by atoms with E-state index in [4.69, 9.17) is 9.97 Å². The van der Waals surface area contributed by atoms with Crippen LogP contribution in [0.1, 0.15) is 0 Å². The van der Waals surface area contributed by atoms with Crippen LogP contribution in [0.25, 0.3) is 78.5 Å². The Morgan fingerprint density at radius 3 is 1.18 bits per heavy atom. The SMILES string of the molecule is CN1c2ccc(-c3nc4ccccc4n3-c3ccc(-c4ccccc4)cc3)cc2Sc2cc(-c3nc4ccccc4n3-c3ccc(-c4ccccc4)cc3)ccc21. The van der Waals surface area contributed by atoms with Crippen molar-refractivity contribution in [3.05, 3.63) is 194 Å². The third-order valence-corrected chi connectivity index (χ3v) is 12.1. The molecule has 1 aliphatic rings. The maximum atomic E-state index is 5.22. The molecular weight excluding hydrogens is 715 g/mol. The molecule has 57 heavy (non-hydrogen) atoms. The molecule has 0 bridgehead atoms. The Hall–Kier alpha value is -7.15. The van der Waals surface area contributed by atoms with E-state index in [0.29, 0.717) is 0 Å². The summed E-state index contributed by atoms with van der Waals surface area (Å²) in [7, 11) is 2.16. The fraction of sp³-hybridized carbons (Fsp3) is 0.0196. The molecule has 3 heterocycles. The minimum absolute atomic E-state index is 0.918. The number of nitrogens with zero attached hydrogens (tertiary/aromatic N) is 5. The van der Waals surface area contributed by atoms with Gasteiger partial charge < -0.3 is 4.90 Å². The van der Waals surface area contributed by atoms with Crippen molar-refractivity contribution in [3.8, 4) is 56.4 Å². The normalized spacial score (nSPS) is 12.2. The Morgan fingerprint density at radius 2 is 0.737 bits per heavy atom. The van der Waals surface area contributed by atoms with Crippen molar-refractivity contribution in [3.63, 3.8) is 0 Å². The lowest BCUT2D eigenvalue weighted by Gasteiger charge is -2.30. The molecule has 10 aromatic rings. The molecule has 8 aromatic carbocycles. The second-order valence-electron chi connectivity index (χ2n) is 14.4. The number of anilines is 2. The second-order valence-corrected chi connectivity index (χ2v) is 15.5. The largest absolute Gasteiger partial charge is 0.343 e. The first-order valence-electron chi connectivity index (χ1n) is 19.1. The summed E-state index contributed by atoms with van der Waals surface area (Å²) < 4.78 is 4.57. The minimum Gasteiger partial charge on any atom is -0.343 e. The average Bonchev–Trinajstić information content (AvgIpc) is 3.87. The quantitative estimate of drug-likeness (QED) is 0.170. The van der Waals surface area contributed by atoms with Crippen molar-refractivity contribution in [2.75, 3.05) is 11.9 Å². The molecule has 270 valence electrons. The molecule has 6 heteroatoms. The zero-order valence-corrected chi connectivity index (χ0v) is 31.9. The van der Waals surface area contributed by atoms with Crippen LogP contribution in [0.5, 0.6) is 0 Å². The van der Waals surface area contributed by atoms with Crippen LogP contribution >= 0.6 is 11.8 Å². The van der Waals surface area contributed by atoms with Crippen LogP contribution in [0.2, 0.25) is 0 Å². The van der Waals surface area contributed by atoms with Gasteiger partial charge in [-0.05, 0) is 107 Å². The zero-order chi connectivity index (χ0) is 37.9. The maximum Gasteiger partial charge on any atom is 0.145 e. The predicted octanol–water partition coefficient (Wildman–Crippen LogP) is 13.3. The molecular formula is C51H35N5S. The van der Waals surface area contributed by atoms with E-state index in [1.807, 2.05) is 0 Å². The molecule has 1 aliphatic heterocycles. The smallest absolute Gasteiger partial charge is 0.145 e. The Balaban J connectivity index is 0.974. The van der Waals surface area contributed by atoms with E-state index >= 15 is 0 Å². The summed E-state index contributed by atoms with van der Waals surface area (Å²) in [4.78, 5) is 15.1. The third-order valence-electron chi connectivity index (χ3n) is 11.0. The van der Waals surface area contributed by atoms with Gasteiger partial charge >= 0.3 is 0 Å². The first-order valence-corrected chi connectivity index (χ1v) is 20.0. The Morgan fingerprint density at radius 1 is 0.368 bits per heavy atom. The fourth-order valence-corrected chi connectivity index (χ4v) is 9.33. The molecule has 0 amide bonds. The van der Waals surface area contributed by atoms with E-state index in [9.17, 15) is 0 Å². The van der Waals surface area contributed by atoms with E-state index in [-0.39, 0.29) is 0 Å². The molecule has 0 fully saturated rings. The van der Waals surface area contributed by atoms with Crippen LogP contribution in [-0.2, 0) is 0 Å². The van der Waals surface area contributed by atoms with E-state index in [0.717, 1.165) is 56.2 Å². The van der Waals surface area contributed by atoms with Crippen molar-refractivity contribution < 1.29 is 0 Å². The Bertz CT molecular complexity index is 2880. The molecule has 0 atom stereocenters. The molecule has 0 saturated heterocycles. The lowest BCUT2D eigenvalue weighted by atomic mass is 10.1. The lowest BCUT2D eigenvalue weighted by molar-refractivity contribution is 1.08. The van der Waals surface area contributed by atoms with Crippen molar-refractivity contribution in [1.29, 1.82) is 0 Å². The number of fused-ring (bicyclic) bond motifs is 4. The molecule has 0 saturated carbocycles. The Labute approximate surface area is 335 Å². The monoisotopic (exact) mass is 749 g/mol. The molecule has 0 spiro atoms. The first kappa shape index (κ1) is 33.2. The number of rotatable bonds is 6. The molecule has 0 N–H and O–H groups in total. The predicted molar refractivity (Wildman–Crippen MR) is 236 cm³/mol.